The number of aliphatic hydroxyl groups is 1. The van der Waals surface area contributed by atoms with Gasteiger partial charge in [0, 0.05) is 47.5 Å². The van der Waals surface area contributed by atoms with Gasteiger partial charge in [0.1, 0.15) is 5.82 Å². The molecule has 2 amide bonds. The monoisotopic (exact) mass is 456 g/mol. The highest BCUT2D eigenvalue weighted by Crippen LogP contribution is 2.41. The summed E-state index contributed by atoms with van der Waals surface area (Å²) < 4.78 is 15.5. The first-order valence-corrected chi connectivity index (χ1v) is 11.4. The summed E-state index contributed by atoms with van der Waals surface area (Å²) in [6.07, 6.45) is 4.93. The van der Waals surface area contributed by atoms with Crippen LogP contribution in [0.15, 0.2) is 48.7 Å². The summed E-state index contributed by atoms with van der Waals surface area (Å²) in [6.45, 7) is 4.03. The minimum Gasteiger partial charge on any atom is -0.364 e. The summed E-state index contributed by atoms with van der Waals surface area (Å²) in [6, 6.07) is 11.5. The Kier molecular flexibility index (Phi) is 5.35. The van der Waals surface area contributed by atoms with Gasteiger partial charge in [0.25, 0.3) is 0 Å². The normalized spacial score (nSPS) is 22.3. The van der Waals surface area contributed by atoms with Gasteiger partial charge in [-0.2, -0.15) is 0 Å². The predicted octanol–water partition coefficient (Wildman–Crippen LogP) is 4.73. The Morgan fingerprint density at radius 2 is 1.81 bits per heavy atom. The lowest BCUT2D eigenvalue weighted by Crippen LogP contribution is -2.56. The average Bonchev–Trinajstić information content (AvgIpc) is 3.30. The number of piperidine rings is 1. The van der Waals surface area contributed by atoms with E-state index < -0.39 is 5.72 Å². The van der Waals surface area contributed by atoms with E-state index in [0.717, 1.165) is 48.9 Å². The summed E-state index contributed by atoms with van der Waals surface area (Å²) in [5.41, 5.74) is 0.646. The van der Waals surface area contributed by atoms with Crippen molar-refractivity contribution in [2.75, 3.05) is 26.2 Å². The number of hydrogen-bond acceptors (Lipinski definition) is 3. The molecule has 6 nitrogen and oxygen atoms in total. The summed E-state index contributed by atoms with van der Waals surface area (Å²) in [4.78, 5) is 15.0. The maximum atomic E-state index is 13.5. The van der Waals surface area contributed by atoms with Crippen LogP contribution >= 0.6 is 11.6 Å². The third kappa shape index (κ3) is 3.36. The number of amides is 2. The first-order valence-electron chi connectivity index (χ1n) is 11.1. The second-order valence-electron chi connectivity index (χ2n) is 8.49. The molecule has 2 aliphatic rings. The summed E-state index contributed by atoms with van der Waals surface area (Å²) in [7, 11) is 0. The van der Waals surface area contributed by atoms with E-state index in [9.17, 15) is 14.3 Å². The maximum absolute atomic E-state index is 13.5. The fourth-order valence-electron chi connectivity index (χ4n) is 4.91. The van der Waals surface area contributed by atoms with Crippen molar-refractivity contribution in [1.29, 1.82) is 0 Å². The van der Waals surface area contributed by atoms with Gasteiger partial charge in [-0.25, -0.2) is 19.2 Å². The lowest BCUT2D eigenvalue weighted by atomic mass is 10.0. The Bertz CT molecular complexity index is 1160. The van der Waals surface area contributed by atoms with Gasteiger partial charge in [0.15, 0.2) is 0 Å². The second-order valence-corrected chi connectivity index (χ2v) is 8.93. The highest BCUT2D eigenvalue weighted by molar-refractivity contribution is 6.31. The number of hydrogen-bond donors (Lipinski definition) is 1. The molecule has 0 aliphatic carbocycles. The average molecular weight is 457 g/mol. The largest absolute Gasteiger partial charge is 0.364 e. The molecule has 0 saturated carbocycles. The van der Waals surface area contributed by atoms with E-state index in [-0.39, 0.29) is 18.4 Å². The molecule has 1 aromatic heterocycles. The molecule has 0 radical (unpaired) electrons. The number of rotatable bonds is 4. The molecule has 32 heavy (non-hydrogen) atoms. The summed E-state index contributed by atoms with van der Waals surface area (Å²) >= 11 is 6.35. The minimum atomic E-state index is -1.54. The highest BCUT2D eigenvalue weighted by atomic mass is 35.5. The number of β-amino-alcohol motifs (C(OH)–C–C–N with tert-alkyl or cyclic N) is 1. The van der Waals surface area contributed by atoms with E-state index in [1.54, 1.807) is 28.1 Å². The fraction of sp³-hybridized carbons (Fsp3) is 0.375. The van der Waals surface area contributed by atoms with Gasteiger partial charge in [-0.1, -0.05) is 18.0 Å². The van der Waals surface area contributed by atoms with Crippen molar-refractivity contribution in [2.24, 2.45) is 0 Å². The molecule has 2 aromatic carbocycles. The third-order valence-corrected chi connectivity index (χ3v) is 6.75. The van der Waals surface area contributed by atoms with Gasteiger partial charge in [-0.3, -0.25) is 0 Å². The molecule has 8 heteroatoms. The second kappa shape index (κ2) is 8.06. The number of likely N-dealkylation sites (N-methyl/N-ethyl adjacent to an activating group) is 1. The zero-order chi connectivity index (χ0) is 22.5. The molecule has 0 spiro atoms. The van der Waals surface area contributed by atoms with Crippen LogP contribution in [-0.2, 0) is 5.72 Å². The Morgan fingerprint density at radius 3 is 2.50 bits per heavy atom. The highest BCUT2D eigenvalue weighted by Gasteiger charge is 2.53. The molecule has 1 N–H and O–H groups in total. The van der Waals surface area contributed by atoms with Crippen LogP contribution in [0.25, 0.3) is 16.6 Å². The van der Waals surface area contributed by atoms with Gasteiger partial charge < -0.3 is 14.6 Å². The lowest BCUT2D eigenvalue weighted by molar-refractivity contribution is -0.167. The SMILES string of the molecule is CCN1CC(O)(c2cn(-c3ccc(F)cc3)c3ccc(Cl)cc23)N(N2CCCCC2)C1=O. The Balaban J connectivity index is 1.70. The number of benzene rings is 2. The predicted molar refractivity (Wildman–Crippen MR) is 122 cm³/mol. The van der Waals surface area contributed by atoms with Crippen LogP contribution in [0.3, 0.4) is 0 Å². The number of carbonyl (C=O) groups is 1. The number of fused-ring (bicyclic) bond motifs is 1. The molecule has 3 aromatic rings. The van der Waals surface area contributed by atoms with Gasteiger partial charge >= 0.3 is 6.03 Å². The smallest absolute Gasteiger partial charge is 0.337 e. The van der Waals surface area contributed by atoms with E-state index in [2.05, 4.69) is 0 Å². The first-order chi connectivity index (χ1) is 15.4. The zero-order valence-electron chi connectivity index (χ0n) is 18.0. The van der Waals surface area contributed by atoms with Crippen LogP contribution in [0, 0.1) is 5.82 Å². The van der Waals surface area contributed by atoms with Crippen LogP contribution in [0.2, 0.25) is 5.02 Å². The molecule has 168 valence electrons. The standard InChI is InChI=1S/C24H26ClFN4O2/c1-2-27-16-24(32,30(23(27)31)28-12-4-3-5-13-28)21-15-29(19-9-7-18(26)8-10-19)22-11-6-17(25)14-20(21)22/h6-11,14-15,32H,2-5,12-13,16H2,1H3. The van der Waals surface area contributed by atoms with E-state index >= 15 is 0 Å². The van der Waals surface area contributed by atoms with Crippen LogP contribution in [0.1, 0.15) is 31.7 Å². The number of hydrazine groups is 1. The maximum Gasteiger partial charge on any atom is 0.337 e. The van der Waals surface area contributed by atoms with Crippen LogP contribution in [-0.4, -0.2) is 56.8 Å². The molecule has 2 aliphatic heterocycles. The van der Waals surface area contributed by atoms with Gasteiger partial charge in [-0.05, 0) is 62.2 Å². The number of halogens is 2. The van der Waals surface area contributed by atoms with Crippen molar-refractivity contribution >= 4 is 28.5 Å². The Hall–Kier alpha value is -2.61. The molecular weight excluding hydrogens is 431 g/mol. The van der Waals surface area contributed by atoms with Crippen molar-refractivity contribution in [3.05, 3.63) is 65.1 Å². The first kappa shape index (κ1) is 21.2. The molecule has 2 saturated heterocycles. The number of nitrogens with zero attached hydrogens (tertiary/aromatic N) is 4. The van der Waals surface area contributed by atoms with E-state index in [1.165, 1.54) is 12.1 Å². The van der Waals surface area contributed by atoms with Gasteiger partial charge in [0.05, 0.1) is 12.1 Å². The summed E-state index contributed by atoms with van der Waals surface area (Å²) in [5.74, 6) is -0.316. The molecule has 1 atom stereocenters. The lowest BCUT2D eigenvalue weighted by Gasteiger charge is -2.41. The van der Waals surface area contributed by atoms with Crippen molar-refractivity contribution in [2.45, 2.75) is 31.9 Å². The van der Waals surface area contributed by atoms with Gasteiger partial charge in [-0.15, -0.1) is 0 Å². The fourth-order valence-corrected chi connectivity index (χ4v) is 5.08. The van der Waals surface area contributed by atoms with Crippen molar-refractivity contribution in [3.8, 4) is 5.69 Å². The topological polar surface area (TPSA) is 52.0 Å². The number of aromatic nitrogens is 1. The van der Waals surface area contributed by atoms with E-state index in [0.29, 0.717) is 17.1 Å². The number of carbonyl (C=O) groups excluding carboxylic acids is 1. The Morgan fingerprint density at radius 1 is 1.09 bits per heavy atom. The van der Waals surface area contributed by atoms with Crippen LogP contribution < -0.4 is 0 Å². The van der Waals surface area contributed by atoms with Crippen molar-refractivity contribution in [3.63, 3.8) is 0 Å². The minimum absolute atomic E-state index is 0.161. The summed E-state index contributed by atoms with van der Waals surface area (Å²) in [5, 5.41) is 17.0. The Labute approximate surface area is 191 Å². The molecule has 3 heterocycles. The zero-order valence-corrected chi connectivity index (χ0v) is 18.7. The molecular formula is C24H26ClFN4O2. The van der Waals surface area contributed by atoms with Crippen molar-refractivity contribution < 1.29 is 14.3 Å². The molecule has 1 unspecified atom stereocenters. The van der Waals surface area contributed by atoms with Crippen LogP contribution in [0.4, 0.5) is 9.18 Å². The van der Waals surface area contributed by atoms with E-state index in [1.807, 2.05) is 34.8 Å². The van der Waals surface area contributed by atoms with Crippen molar-refractivity contribution in [1.82, 2.24) is 19.5 Å². The molecule has 5 rings (SSSR count). The van der Waals surface area contributed by atoms with E-state index in [4.69, 9.17) is 11.6 Å². The number of urea groups is 1. The molecule has 2 fully saturated rings. The van der Waals surface area contributed by atoms with Gasteiger partial charge in [0.2, 0.25) is 5.72 Å². The quantitative estimate of drug-likeness (QED) is 0.617. The third-order valence-electron chi connectivity index (χ3n) is 6.51. The molecule has 0 bridgehead atoms. The van der Waals surface area contributed by atoms with Crippen LogP contribution in [0.5, 0.6) is 0 Å².